The number of benzene rings is 2. The molecule has 0 aliphatic carbocycles. The highest BCUT2D eigenvalue weighted by molar-refractivity contribution is 6.30. The summed E-state index contributed by atoms with van der Waals surface area (Å²) in [6, 6.07) is 11.0. The lowest BCUT2D eigenvalue weighted by Crippen LogP contribution is -2.13. The zero-order valence-corrected chi connectivity index (χ0v) is 11.0. The van der Waals surface area contributed by atoms with Crippen molar-refractivity contribution >= 4 is 17.6 Å². The minimum atomic E-state index is -0.978. The van der Waals surface area contributed by atoms with Gasteiger partial charge in [0.15, 0.2) is 0 Å². The third-order valence-electron chi connectivity index (χ3n) is 2.97. The molecule has 0 saturated carbocycles. The molecule has 1 atom stereocenters. The van der Waals surface area contributed by atoms with Gasteiger partial charge < -0.3 is 5.11 Å². The van der Waals surface area contributed by atoms with E-state index in [1.54, 1.807) is 37.3 Å². The van der Waals surface area contributed by atoms with Crippen LogP contribution < -0.4 is 0 Å². The maximum atomic E-state index is 13.3. The second-order valence-electron chi connectivity index (χ2n) is 4.33. The summed E-state index contributed by atoms with van der Waals surface area (Å²) in [7, 11) is 0. The van der Waals surface area contributed by atoms with E-state index in [9.17, 15) is 14.3 Å². The Labute approximate surface area is 115 Å². The van der Waals surface area contributed by atoms with Crippen molar-refractivity contribution in [1.29, 1.82) is 0 Å². The molecule has 0 radical (unpaired) electrons. The van der Waals surface area contributed by atoms with Gasteiger partial charge >= 0.3 is 5.97 Å². The minimum Gasteiger partial charge on any atom is -0.481 e. The van der Waals surface area contributed by atoms with E-state index in [1.807, 2.05) is 0 Å². The molecule has 0 saturated heterocycles. The van der Waals surface area contributed by atoms with E-state index in [2.05, 4.69) is 0 Å². The molecule has 0 aromatic heterocycles. The van der Waals surface area contributed by atoms with Crippen molar-refractivity contribution in [2.24, 2.45) is 0 Å². The average molecular weight is 279 g/mol. The van der Waals surface area contributed by atoms with Crippen molar-refractivity contribution in [3.05, 3.63) is 70.0 Å². The van der Waals surface area contributed by atoms with E-state index in [1.165, 1.54) is 12.1 Å². The maximum absolute atomic E-state index is 13.3. The summed E-state index contributed by atoms with van der Waals surface area (Å²) < 4.78 is 13.3. The largest absolute Gasteiger partial charge is 0.481 e. The van der Waals surface area contributed by atoms with Crippen molar-refractivity contribution in [3.63, 3.8) is 0 Å². The van der Waals surface area contributed by atoms with E-state index in [-0.39, 0.29) is 5.82 Å². The standard InChI is InChI=1S/C15H12ClFO2/c1-9-8-11(4-7-13(9)17)14(15(18)19)10-2-5-12(16)6-3-10/h2-8,14H,1H3,(H,18,19). The molecule has 1 unspecified atom stereocenters. The minimum absolute atomic E-state index is 0.344. The van der Waals surface area contributed by atoms with Crippen LogP contribution >= 0.6 is 11.6 Å². The Balaban J connectivity index is 2.48. The molecular formula is C15H12ClFO2. The molecule has 2 rings (SSSR count). The fourth-order valence-electron chi connectivity index (χ4n) is 1.98. The first-order chi connectivity index (χ1) is 8.99. The molecular weight excluding hydrogens is 267 g/mol. The fourth-order valence-corrected chi connectivity index (χ4v) is 2.11. The molecule has 0 aliphatic heterocycles. The molecule has 98 valence electrons. The number of hydrogen-bond donors (Lipinski definition) is 1. The van der Waals surface area contributed by atoms with Gasteiger partial charge in [0.2, 0.25) is 0 Å². The van der Waals surface area contributed by atoms with E-state index in [0.29, 0.717) is 21.7 Å². The molecule has 1 N–H and O–H groups in total. The van der Waals surface area contributed by atoms with Crippen LogP contribution in [0.3, 0.4) is 0 Å². The molecule has 2 aromatic carbocycles. The normalized spacial score (nSPS) is 12.2. The molecule has 0 amide bonds. The molecule has 2 aromatic rings. The molecule has 0 bridgehead atoms. The lowest BCUT2D eigenvalue weighted by atomic mass is 9.90. The highest BCUT2D eigenvalue weighted by Crippen LogP contribution is 2.27. The average Bonchev–Trinajstić information content (AvgIpc) is 2.36. The summed E-state index contributed by atoms with van der Waals surface area (Å²) in [5.41, 5.74) is 1.59. The summed E-state index contributed by atoms with van der Waals surface area (Å²) in [4.78, 5) is 11.5. The van der Waals surface area contributed by atoms with Crippen LogP contribution in [0.25, 0.3) is 0 Å². The third-order valence-corrected chi connectivity index (χ3v) is 3.22. The van der Waals surface area contributed by atoms with Gasteiger partial charge in [-0.15, -0.1) is 0 Å². The summed E-state index contributed by atoms with van der Waals surface area (Å²) in [5, 5.41) is 9.93. The van der Waals surface area contributed by atoms with Crippen LogP contribution in [-0.2, 0) is 4.79 Å². The van der Waals surface area contributed by atoms with Gasteiger partial charge in [-0.25, -0.2) is 4.39 Å². The predicted octanol–water partition coefficient (Wildman–Crippen LogP) is 4.00. The maximum Gasteiger partial charge on any atom is 0.315 e. The Morgan fingerprint density at radius 1 is 1.16 bits per heavy atom. The third kappa shape index (κ3) is 2.93. The summed E-state index contributed by atoms with van der Waals surface area (Å²) in [6.45, 7) is 1.61. The first kappa shape index (κ1) is 13.6. The van der Waals surface area contributed by atoms with E-state index >= 15 is 0 Å². The summed E-state index contributed by atoms with van der Waals surface area (Å²) in [6.07, 6.45) is 0. The number of carbonyl (C=O) groups is 1. The molecule has 4 heteroatoms. The second-order valence-corrected chi connectivity index (χ2v) is 4.77. The Bertz CT molecular complexity index is 608. The van der Waals surface area contributed by atoms with Crippen LogP contribution in [0.4, 0.5) is 4.39 Å². The van der Waals surface area contributed by atoms with Crippen LogP contribution in [0.1, 0.15) is 22.6 Å². The first-order valence-corrected chi connectivity index (χ1v) is 6.11. The first-order valence-electron chi connectivity index (χ1n) is 5.73. The Hall–Kier alpha value is -1.87. The van der Waals surface area contributed by atoms with Crippen molar-refractivity contribution < 1.29 is 14.3 Å². The zero-order valence-electron chi connectivity index (χ0n) is 10.2. The Morgan fingerprint density at radius 3 is 2.26 bits per heavy atom. The molecule has 0 heterocycles. The number of halogens is 2. The fraction of sp³-hybridized carbons (Fsp3) is 0.133. The number of rotatable bonds is 3. The molecule has 2 nitrogen and oxygen atoms in total. The predicted molar refractivity (Wildman–Crippen MR) is 72.1 cm³/mol. The van der Waals surface area contributed by atoms with Crippen LogP contribution in [-0.4, -0.2) is 11.1 Å². The van der Waals surface area contributed by atoms with Crippen molar-refractivity contribution in [1.82, 2.24) is 0 Å². The monoisotopic (exact) mass is 278 g/mol. The van der Waals surface area contributed by atoms with Gasteiger partial charge in [-0.05, 0) is 41.8 Å². The lowest BCUT2D eigenvalue weighted by molar-refractivity contribution is -0.137. The number of carboxylic acid groups (broad SMARTS) is 1. The number of hydrogen-bond acceptors (Lipinski definition) is 1. The zero-order chi connectivity index (χ0) is 14.0. The van der Waals surface area contributed by atoms with Crippen LogP contribution in [0.15, 0.2) is 42.5 Å². The lowest BCUT2D eigenvalue weighted by Gasteiger charge is -2.14. The van der Waals surface area contributed by atoms with Gasteiger partial charge in [0, 0.05) is 5.02 Å². The number of aryl methyl sites for hydroxylation is 1. The second kappa shape index (κ2) is 5.41. The Morgan fingerprint density at radius 2 is 1.74 bits per heavy atom. The van der Waals surface area contributed by atoms with E-state index in [4.69, 9.17) is 11.6 Å². The van der Waals surface area contributed by atoms with Crippen molar-refractivity contribution in [2.45, 2.75) is 12.8 Å². The Kier molecular flexibility index (Phi) is 3.86. The van der Waals surface area contributed by atoms with Crippen molar-refractivity contribution in [2.75, 3.05) is 0 Å². The molecule has 0 fully saturated rings. The van der Waals surface area contributed by atoms with Gasteiger partial charge in [0.05, 0.1) is 0 Å². The SMILES string of the molecule is Cc1cc(C(C(=O)O)c2ccc(Cl)cc2)ccc1F. The quantitative estimate of drug-likeness (QED) is 0.921. The highest BCUT2D eigenvalue weighted by atomic mass is 35.5. The van der Waals surface area contributed by atoms with E-state index < -0.39 is 11.9 Å². The highest BCUT2D eigenvalue weighted by Gasteiger charge is 2.22. The summed E-state index contributed by atoms with van der Waals surface area (Å²) in [5.74, 6) is -2.14. The van der Waals surface area contributed by atoms with Crippen LogP contribution in [0.5, 0.6) is 0 Å². The van der Waals surface area contributed by atoms with Gasteiger partial charge in [0.1, 0.15) is 11.7 Å². The smallest absolute Gasteiger partial charge is 0.315 e. The molecule has 0 aliphatic rings. The number of carboxylic acids is 1. The number of aliphatic carboxylic acids is 1. The van der Waals surface area contributed by atoms with Gasteiger partial charge in [-0.2, -0.15) is 0 Å². The molecule has 0 spiro atoms. The molecule has 19 heavy (non-hydrogen) atoms. The van der Waals surface area contributed by atoms with Gasteiger partial charge in [-0.1, -0.05) is 35.9 Å². The van der Waals surface area contributed by atoms with Crippen LogP contribution in [0, 0.1) is 12.7 Å². The van der Waals surface area contributed by atoms with Crippen LogP contribution in [0.2, 0.25) is 5.02 Å². The van der Waals surface area contributed by atoms with Gasteiger partial charge in [-0.3, -0.25) is 4.79 Å². The van der Waals surface area contributed by atoms with E-state index in [0.717, 1.165) is 0 Å². The topological polar surface area (TPSA) is 37.3 Å². The van der Waals surface area contributed by atoms with Gasteiger partial charge in [0.25, 0.3) is 0 Å². The summed E-state index contributed by atoms with van der Waals surface area (Å²) >= 11 is 5.79. The van der Waals surface area contributed by atoms with Crippen molar-refractivity contribution in [3.8, 4) is 0 Å².